The third-order valence-electron chi connectivity index (χ3n) is 4.19. The minimum Gasteiger partial charge on any atom is -0.362 e. The van der Waals surface area contributed by atoms with Crippen molar-refractivity contribution in [2.75, 3.05) is 0 Å². The predicted octanol–water partition coefficient (Wildman–Crippen LogP) is 3.57. The van der Waals surface area contributed by atoms with Crippen LogP contribution in [0, 0.1) is 0 Å². The van der Waals surface area contributed by atoms with E-state index < -0.39 is 51.2 Å². The van der Waals surface area contributed by atoms with E-state index in [4.69, 9.17) is 92.8 Å². The van der Waals surface area contributed by atoms with Crippen molar-refractivity contribution in [2.45, 2.75) is 25.3 Å². The highest BCUT2D eigenvalue weighted by molar-refractivity contribution is 6.70. The summed E-state index contributed by atoms with van der Waals surface area (Å²) in [6.07, 6.45) is 0. The molecule has 2 bridgehead atoms. The molecule has 0 spiro atoms. The average molecular weight is 454 g/mol. The molecule has 0 amide bonds. The Morgan fingerprint density at radius 1 is 0.667 bits per heavy atom. The standard InChI is InChI=1S/C10H2Cl8O3/c11-1-2(12)6(15)7(16)3(13)4(14)8(17,10(7,20)21)9(6,18)5(1)19/h20-21H/t6-,7-,8+,9-/m0/s1. The van der Waals surface area contributed by atoms with Gasteiger partial charge in [0, 0.05) is 0 Å². The smallest absolute Gasteiger partial charge is 0.217 e. The first kappa shape index (κ1) is 17.2. The van der Waals surface area contributed by atoms with E-state index in [-0.39, 0.29) is 0 Å². The Hall–Kier alpha value is 1.39. The summed E-state index contributed by atoms with van der Waals surface area (Å²) in [5.41, 5.74) is 0. The molecule has 21 heavy (non-hydrogen) atoms. The number of fused-ring (bicyclic) bond motifs is 5. The Morgan fingerprint density at radius 2 is 1.05 bits per heavy atom. The molecule has 3 aliphatic rings. The Morgan fingerprint density at radius 3 is 1.48 bits per heavy atom. The Bertz CT molecular complexity index is 686. The summed E-state index contributed by atoms with van der Waals surface area (Å²) in [6.45, 7) is 0. The van der Waals surface area contributed by atoms with E-state index in [1.807, 2.05) is 0 Å². The minimum atomic E-state index is -3.06. The lowest BCUT2D eigenvalue weighted by molar-refractivity contribution is -0.175. The van der Waals surface area contributed by atoms with Crippen molar-refractivity contribution in [3.8, 4) is 0 Å². The van der Waals surface area contributed by atoms with Gasteiger partial charge in [0.1, 0.15) is 9.91 Å². The molecule has 116 valence electrons. The van der Waals surface area contributed by atoms with Gasteiger partial charge in [-0.05, 0) is 0 Å². The average Bonchev–Trinajstić information content (AvgIpc) is 2.67. The van der Waals surface area contributed by atoms with Crippen molar-refractivity contribution in [3.63, 3.8) is 0 Å². The second-order valence-corrected chi connectivity index (χ2v) is 8.67. The molecule has 3 aliphatic carbocycles. The number of ketones is 1. The zero-order chi connectivity index (χ0) is 16.4. The molecule has 3 rings (SSSR count). The second kappa shape index (κ2) is 4.13. The summed E-state index contributed by atoms with van der Waals surface area (Å²) in [5, 5.41) is 18.9. The Labute approximate surface area is 158 Å². The van der Waals surface area contributed by atoms with E-state index in [1.54, 1.807) is 0 Å². The highest BCUT2D eigenvalue weighted by Gasteiger charge is 2.98. The maximum absolute atomic E-state index is 12.4. The molecule has 0 aliphatic heterocycles. The van der Waals surface area contributed by atoms with E-state index in [2.05, 4.69) is 0 Å². The second-order valence-electron chi connectivity index (χ2n) is 4.89. The van der Waals surface area contributed by atoms with E-state index in [0.717, 1.165) is 0 Å². The third kappa shape index (κ3) is 1.18. The lowest BCUT2D eigenvalue weighted by Crippen LogP contribution is -2.61. The van der Waals surface area contributed by atoms with Crippen LogP contribution in [0.2, 0.25) is 0 Å². The van der Waals surface area contributed by atoms with Gasteiger partial charge in [-0.25, -0.2) is 0 Å². The first-order chi connectivity index (χ1) is 9.29. The molecule has 0 radical (unpaired) electrons. The monoisotopic (exact) mass is 450 g/mol. The highest BCUT2D eigenvalue weighted by atomic mass is 35.5. The highest BCUT2D eigenvalue weighted by Crippen LogP contribution is 2.82. The largest absolute Gasteiger partial charge is 0.362 e. The first-order valence-corrected chi connectivity index (χ1v) is 8.19. The lowest BCUT2D eigenvalue weighted by Gasteiger charge is -2.43. The summed E-state index contributed by atoms with van der Waals surface area (Å²) in [5.74, 6) is -4.09. The zero-order valence-electron chi connectivity index (χ0n) is 9.33. The van der Waals surface area contributed by atoms with Gasteiger partial charge in [0.2, 0.25) is 11.6 Å². The van der Waals surface area contributed by atoms with Crippen LogP contribution in [0.1, 0.15) is 0 Å². The molecular formula is C10H2Cl8O3. The van der Waals surface area contributed by atoms with Gasteiger partial charge in [-0.3, -0.25) is 4.79 Å². The van der Waals surface area contributed by atoms with Gasteiger partial charge in [-0.15, -0.1) is 46.4 Å². The number of alkyl halides is 4. The van der Waals surface area contributed by atoms with Gasteiger partial charge in [0.25, 0.3) is 0 Å². The molecule has 0 aromatic rings. The van der Waals surface area contributed by atoms with Crippen LogP contribution < -0.4 is 0 Å². The lowest BCUT2D eigenvalue weighted by atomic mass is 9.82. The summed E-state index contributed by atoms with van der Waals surface area (Å²) in [7, 11) is 0. The van der Waals surface area contributed by atoms with Crippen LogP contribution in [0.5, 0.6) is 0 Å². The molecule has 0 unspecified atom stereocenters. The molecule has 11 heteroatoms. The number of Topliss-reactive ketones (excluding diaryl/α,β-unsaturated/α-hetero) is 1. The van der Waals surface area contributed by atoms with Gasteiger partial charge in [0.15, 0.2) is 14.6 Å². The zero-order valence-corrected chi connectivity index (χ0v) is 15.4. The van der Waals surface area contributed by atoms with Gasteiger partial charge >= 0.3 is 0 Å². The topological polar surface area (TPSA) is 57.5 Å². The predicted molar refractivity (Wildman–Crippen MR) is 84.0 cm³/mol. The maximum Gasteiger partial charge on any atom is 0.217 e. The summed E-state index contributed by atoms with van der Waals surface area (Å²) >= 11 is 49.0. The van der Waals surface area contributed by atoms with Gasteiger partial charge in [0.05, 0.1) is 15.1 Å². The number of halogens is 8. The van der Waals surface area contributed by atoms with Crippen LogP contribution in [0.4, 0.5) is 0 Å². The van der Waals surface area contributed by atoms with Crippen LogP contribution in [0.15, 0.2) is 20.1 Å². The Kier molecular flexibility index (Phi) is 3.39. The fraction of sp³-hybridized carbons (Fsp3) is 0.500. The first-order valence-electron chi connectivity index (χ1n) is 5.16. The van der Waals surface area contributed by atoms with E-state index in [0.29, 0.717) is 0 Å². The van der Waals surface area contributed by atoms with Gasteiger partial charge in [-0.2, -0.15) is 0 Å². The summed E-state index contributed by atoms with van der Waals surface area (Å²) in [4.78, 5) is 2.70. The SMILES string of the molecule is O=C1C(Cl)=C(Cl)[C@@]2(Cl)[C@]1(Cl)[C@]1(Cl)C(Cl)=C(Cl)[C@@]2(Cl)C1(O)O. The van der Waals surface area contributed by atoms with Crippen molar-refractivity contribution >= 4 is 98.6 Å². The Balaban J connectivity index is 2.55. The van der Waals surface area contributed by atoms with Gasteiger partial charge in [-0.1, -0.05) is 46.4 Å². The molecule has 4 atom stereocenters. The van der Waals surface area contributed by atoms with Crippen molar-refractivity contribution in [1.29, 1.82) is 0 Å². The molecule has 0 saturated heterocycles. The van der Waals surface area contributed by atoms with E-state index >= 15 is 0 Å². The van der Waals surface area contributed by atoms with Crippen molar-refractivity contribution in [2.24, 2.45) is 0 Å². The van der Waals surface area contributed by atoms with E-state index in [9.17, 15) is 15.0 Å². The van der Waals surface area contributed by atoms with Gasteiger partial charge < -0.3 is 10.2 Å². The number of allylic oxidation sites excluding steroid dienone is 2. The number of carbonyl (C=O) groups excluding carboxylic acids is 1. The molecule has 1 saturated carbocycles. The van der Waals surface area contributed by atoms with Crippen LogP contribution in [0.25, 0.3) is 0 Å². The summed E-state index contributed by atoms with van der Waals surface area (Å²) < 4.78 is 0. The van der Waals surface area contributed by atoms with Crippen LogP contribution in [-0.4, -0.2) is 41.3 Å². The fourth-order valence-electron chi connectivity index (χ4n) is 3.12. The normalized spacial score (nSPS) is 51.2. The molecule has 0 aromatic heterocycles. The summed E-state index contributed by atoms with van der Waals surface area (Å²) in [6, 6.07) is 0. The van der Waals surface area contributed by atoms with Crippen LogP contribution in [0.3, 0.4) is 0 Å². The van der Waals surface area contributed by atoms with Crippen molar-refractivity contribution in [1.82, 2.24) is 0 Å². The van der Waals surface area contributed by atoms with Crippen molar-refractivity contribution in [3.05, 3.63) is 20.1 Å². The number of hydrogen-bond donors (Lipinski definition) is 2. The minimum absolute atomic E-state index is 0.477. The van der Waals surface area contributed by atoms with Crippen molar-refractivity contribution < 1.29 is 15.0 Å². The number of hydrogen-bond acceptors (Lipinski definition) is 3. The molecule has 1 fully saturated rings. The molecule has 0 heterocycles. The quantitative estimate of drug-likeness (QED) is 0.435. The molecular weight excluding hydrogens is 452 g/mol. The number of aliphatic hydroxyl groups is 2. The fourth-order valence-corrected chi connectivity index (χ4v) is 7.18. The molecule has 2 N–H and O–H groups in total. The van der Waals surface area contributed by atoms with Crippen LogP contribution in [-0.2, 0) is 4.79 Å². The number of rotatable bonds is 0. The van der Waals surface area contributed by atoms with Crippen LogP contribution >= 0.6 is 92.8 Å². The van der Waals surface area contributed by atoms with E-state index in [1.165, 1.54) is 0 Å². The molecule has 3 nitrogen and oxygen atoms in total. The number of carbonyl (C=O) groups is 1. The maximum atomic E-state index is 12.4. The molecule has 0 aromatic carbocycles. The third-order valence-corrected chi connectivity index (χ3v) is 9.71.